The number of nitrogens with zero attached hydrogens (tertiary/aromatic N) is 3. The van der Waals surface area contributed by atoms with Crippen molar-refractivity contribution in [1.82, 2.24) is 36.3 Å². The van der Waals surface area contributed by atoms with Crippen molar-refractivity contribution in [2.45, 2.75) is 202 Å². The van der Waals surface area contributed by atoms with Gasteiger partial charge in [0.05, 0.1) is 164 Å². The summed E-state index contributed by atoms with van der Waals surface area (Å²) in [6.07, 6.45) is 17.4. The van der Waals surface area contributed by atoms with E-state index in [-0.39, 0.29) is 79.1 Å². The van der Waals surface area contributed by atoms with Crippen LogP contribution in [-0.4, -0.2) is 239 Å². The number of carboxylic acids is 1. The van der Waals surface area contributed by atoms with Crippen molar-refractivity contribution in [1.29, 1.82) is 0 Å². The molecule has 542 valence electrons. The number of unbranched alkanes of at least 4 members (excludes halogenated alkanes) is 10. The number of aryl methyl sites for hydroxylation is 2. The molecule has 93 heavy (non-hydrogen) atoms. The number of Topliss-reactive ketones (excluding diaryl/α,β-unsaturated/α-hetero) is 1. The molecule has 26 nitrogen and oxygen atoms in total. The number of carboxylic acid groups (broad SMARTS) is 1. The van der Waals surface area contributed by atoms with E-state index in [0.717, 1.165) is 45.1 Å². The van der Waals surface area contributed by atoms with E-state index in [9.17, 15) is 33.9 Å². The summed E-state index contributed by atoms with van der Waals surface area (Å²) < 4.78 is 68.2. The number of aromatic nitrogens is 3. The highest BCUT2D eigenvalue weighted by Gasteiger charge is 2.23. The zero-order chi connectivity index (χ0) is 68.1. The zero-order valence-electron chi connectivity index (χ0n) is 58.3. The molecular weight excluding hydrogens is 1210 g/mol. The number of rotatable bonds is 68. The van der Waals surface area contributed by atoms with Gasteiger partial charge < -0.3 is 83.2 Å². The zero-order valence-corrected chi connectivity index (χ0v) is 58.3. The quantitative estimate of drug-likeness (QED) is 0.0419. The second kappa shape index (κ2) is 60.1. The maximum atomic E-state index is 13.4. The number of carbonyl (C=O) groups is 6. The van der Waals surface area contributed by atoms with Crippen molar-refractivity contribution < 1.29 is 90.7 Å². The molecular formula is C67H125N7O19. The molecule has 0 saturated carbocycles. The van der Waals surface area contributed by atoms with Crippen molar-refractivity contribution in [2.24, 2.45) is 10.8 Å². The van der Waals surface area contributed by atoms with Gasteiger partial charge >= 0.3 is 5.97 Å². The number of amides is 4. The van der Waals surface area contributed by atoms with E-state index in [0.29, 0.717) is 203 Å². The molecule has 0 aromatic carbocycles. The smallest absolute Gasteiger partial charge is 0.326 e. The van der Waals surface area contributed by atoms with Crippen LogP contribution < -0.4 is 21.3 Å². The SMILES string of the molecule is CCCCCCCCCCCC(=O)N[C@@H](CCC(=O)NCCCC[C@H](NC(=O)CCc1cn(CCCCC(C)(C)C)nn1)C(=O)NCCOCCOCCOCCOCCOCCOCCOCCOCCOCCOCCOCCOCCC(=O)C(C)(C)C)C(=O)O. The topological polar surface area (TPSA) is 312 Å². The highest BCUT2D eigenvalue weighted by atomic mass is 16.6. The molecule has 5 N–H and O–H groups in total. The molecule has 0 unspecified atom stereocenters. The lowest BCUT2D eigenvalue weighted by Crippen LogP contribution is -2.47. The number of aliphatic carboxylic acids is 1. The van der Waals surface area contributed by atoms with Crippen LogP contribution in [0.5, 0.6) is 0 Å². The second-order valence-electron chi connectivity index (χ2n) is 25.1. The Balaban J connectivity index is 2.16. The monoisotopic (exact) mass is 1330 g/mol. The lowest BCUT2D eigenvalue weighted by molar-refractivity contribution is -0.142. The van der Waals surface area contributed by atoms with E-state index in [1.807, 2.05) is 27.0 Å². The molecule has 1 aromatic heterocycles. The average Bonchev–Trinajstić information content (AvgIpc) is 2.73. The van der Waals surface area contributed by atoms with Crippen LogP contribution in [0.15, 0.2) is 6.20 Å². The normalized spacial score (nSPS) is 12.5. The molecule has 0 aliphatic rings. The van der Waals surface area contributed by atoms with Gasteiger partial charge in [-0.25, -0.2) is 4.79 Å². The number of hydrogen-bond donors (Lipinski definition) is 5. The van der Waals surface area contributed by atoms with Crippen molar-refractivity contribution in [2.75, 3.05) is 172 Å². The predicted octanol–water partition coefficient (Wildman–Crippen LogP) is 6.79. The molecule has 1 heterocycles. The van der Waals surface area contributed by atoms with E-state index in [1.165, 1.54) is 32.1 Å². The Morgan fingerprint density at radius 2 is 0.871 bits per heavy atom. The van der Waals surface area contributed by atoms with Crippen LogP contribution in [0.3, 0.4) is 0 Å². The fourth-order valence-electron chi connectivity index (χ4n) is 8.88. The number of nitrogens with one attached hydrogen (secondary N) is 4. The minimum atomic E-state index is -1.18. The molecule has 1 aromatic rings. The molecule has 0 fully saturated rings. The van der Waals surface area contributed by atoms with Gasteiger partial charge in [0.15, 0.2) is 0 Å². The average molecular weight is 1330 g/mol. The summed E-state index contributed by atoms with van der Waals surface area (Å²) in [4.78, 5) is 75.5. The number of ether oxygens (including phenoxy) is 12. The Labute approximate surface area is 556 Å². The highest BCUT2D eigenvalue weighted by molar-refractivity contribution is 5.87. The molecule has 26 heteroatoms. The summed E-state index contributed by atoms with van der Waals surface area (Å²) in [5, 5.41) is 29.3. The van der Waals surface area contributed by atoms with Gasteiger partial charge in [0.1, 0.15) is 17.9 Å². The van der Waals surface area contributed by atoms with Crippen molar-refractivity contribution in [3.05, 3.63) is 11.9 Å². The van der Waals surface area contributed by atoms with Gasteiger partial charge in [-0.3, -0.25) is 28.7 Å². The van der Waals surface area contributed by atoms with E-state index in [1.54, 1.807) is 4.68 Å². The van der Waals surface area contributed by atoms with Crippen LogP contribution in [0.4, 0.5) is 0 Å². The van der Waals surface area contributed by atoms with Crippen molar-refractivity contribution >= 4 is 35.4 Å². The molecule has 0 bridgehead atoms. The summed E-state index contributed by atoms with van der Waals surface area (Å²) in [7, 11) is 0. The van der Waals surface area contributed by atoms with Gasteiger partial charge in [-0.2, -0.15) is 0 Å². The van der Waals surface area contributed by atoms with E-state index >= 15 is 0 Å². The molecule has 0 aliphatic heterocycles. The van der Waals surface area contributed by atoms with Crippen molar-refractivity contribution in [3.63, 3.8) is 0 Å². The predicted molar refractivity (Wildman–Crippen MR) is 353 cm³/mol. The maximum absolute atomic E-state index is 13.4. The first-order chi connectivity index (χ1) is 44.9. The summed E-state index contributed by atoms with van der Waals surface area (Å²) in [5.74, 6) is -2.31. The van der Waals surface area contributed by atoms with Crippen LogP contribution >= 0.6 is 0 Å². The highest BCUT2D eigenvalue weighted by Crippen LogP contribution is 2.22. The Kier molecular flexibility index (Phi) is 56.0. The lowest BCUT2D eigenvalue weighted by atomic mass is 9.89. The third-order valence-electron chi connectivity index (χ3n) is 14.4. The summed E-state index contributed by atoms with van der Waals surface area (Å²) in [5.41, 5.74) is 0.632. The molecule has 0 radical (unpaired) electrons. The Morgan fingerprint density at radius 3 is 1.32 bits per heavy atom. The largest absolute Gasteiger partial charge is 0.480 e. The van der Waals surface area contributed by atoms with Crippen molar-refractivity contribution in [3.8, 4) is 0 Å². The summed E-state index contributed by atoms with van der Waals surface area (Å²) in [6, 6.07) is -1.99. The standard InChI is InChI=1S/C67H125N7O19/c1-8-9-10-11-12-13-14-15-16-22-62(77)71-59(65(80)81)24-26-61(76)68-29-19-17-21-58(70-63(78)25-23-57-56-74(73-72-57)31-20-18-28-66(2,3)4)64(79)69-30-33-83-35-37-85-39-41-87-43-45-89-47-49-91-51-53-93-55-54-92-52-50-90-48-46-88-44-42-86-40-38-84-36-34-82-32-27-60(75)67(5,6)7/h56,58-59H,8-55H2,1-7H3,(H,68,76)(H,69,79)(H,70,78)(H,71,77)(H,80,81)/t58-,59-/m0/s1. The fraction of sp³-hybridized carbons (Fsp3) is 0.881. The Morgan fingerprint density at radius 1 is 0.441 bits per heavy atom. The number of carbonyl (C=O) groups excluding carboxylic acids is 5. The molecule has 4 amide bonds. The van der Waals surface area contributed by atoms with Gasteiger partial charge in [0.2, 0.25) is 23.6 Å². The molecule has 2 atom stereocenters. The van der Waals surface area contributed by atoms with E-state index in [4.69, 9.17) is 56.8 Å². The first kappa shape index (κ1) is 86.7. The molecule has 0 aliphatic carbocycles. The van der Waals surface area contributed by atoms with Gasteiger partial charge in [-0.05, 0) is 50.4 Å². The van der Waals surface area contributed by atoms with Gasteiger partial charge in [0, 0.05) is 63.4 Å². The van der Waals surface area contributed by atoms with Crippen LogP contribution in [0.1, 0.15) is 183 Å². The first-order valence-corrected chi connectivity index (χ1v) is 34.6. The van der Waals surface area contributed by atoms with Gasteiger partial charge in [-0.1, -0.05) is 111 Å². The number of hydrogen-bond acceptors (Lipinski definition) is 20. The third kappa shape index (κ3) is 57.6. The van der Waals surface area contributed by atoms with Gasteiger partial charge in [-0.15, -0.1) is 5.10 Å². The van der Waals surface area contributed by atoms with E-state index in [2.05, 4.69) is 59.3 Å². The molecule has 0 saturated heterocycles. The summed E-state index contributed by atoms with van der Waals surface area (Å²) >= 11 is 0. The minimum Gasteiger partial charge on any atom is -0.480 e. The number of ketones is 1. The first-order valence-electron chi connectivity index (χ1n) is 34.6. The fourth-order valence-corrected chi connectivity index (χ4v) is 8.88. The maximum Gasteiger partial charge on any atom is 0.326 e. The third-order valence-corrected chi connectivity index (χ3v) is 14.4. The Hall–Kier alpha value is -4.32. The molecule has 1 rings (SSSR count). The van der Waals surface area contributed by atoms with Crippen LogP contribution in [-0.2, 0) is 98.6 Å². The lowest BCUT2D eigenvalue weighted by Gasteiger charge is -2.19. The van der Waals surface area contributed by atoms with E-state index < -0.39 is 18.1 Å². The second-order valence-corrected chi connectivity index (χ2v) is 25.1. The van der Waals surface area contributed by atoms with Crippen LogP contribution in [0, 0.1) is 10.8 Å². The Bertz CT molecular complexity index is 1990. The van der Waals surface area contributed by atoms with Crippen LogP contribution in [0.25, 0.3) is 0 Å². The minimum absolute atomic E-state index is 0.0353. The van der Waals surface area contributed by atoms with Gasteiger partial charge in [0.25, 0.3) is 0 Å². The molecule has 0 spiro atoms. The summed E-state index contributed by atoms with van der Waals surface area (Å²) in [6.45, 7) is 26.1. The van der Waals surface area contributed by atoms with Crippen LogP contribution in [0.2, 0.25) is 0 Å².